The largest absolute Gasteiger partial charge is 0.508 e. The van der Waals surface area contributed by atoms with Crippen molar-refractivity contribution >= 4 is 24.0 Å². The van der Waals surface area contributed by atoms with E-state index in [-0.39, 0.29) is 0 Å². The van der Waals surface area contributed by atoms with Crippen molar-refractivity contribution in [2.24, 2.45) is 0 Å². The maximum atomic E-state index is 10.8. The summed E-state index contributed by atoms with van der Waals surface area (Å²) in [6, 6.07) is 0. The van der Waals surface area contributed by atoms with E-state index in [1.165, 1.54) is 0 Å². The second-order valence-corrected chi connectivity index (χ2v) is 4.03. The summed E-state index contributed by atoms with van der Waals surface area (Å²) in [6.07, 6.45) is 2.77. The molecule has 0 N–H and O–H groups in total. The highest BCUT2D eigenvalue weighted by Gasteiger charge is 2.13. The van der Waals surface area contributed by atoms with Crippen LogP contribution in [0.25, 0.3) is 0 Å². The third-order valence-electron chi connectivity index (χ3n) is 0.997. The molecule has 60 valence electrons. The fourth-order valence-corrected chi connectivity index (χ4v) is 1.84. The summed E-state index contributed by atoms with van der Waals surface area (Å²) in [5.41, 5.74) is 0. The molecule has 0 aromatic carbocycles. The summed E-state index contributed by atoms with van der Waals surface area (Å²) in [5, 5.41) is 0.988. The van der Waals surface area contributed by atoms with E-state index in [2.05, 4.69) is 15.9 Å². The van der Waals surface area contributed by atoms with Crippen LogP contribution in [0.4, 0.5) is 0 Å². The van der Waals surface area contributed by atoms with Crippen LogP contribution < -0.4 is 0 Å². The van der Waals surface area contributed by atoms with E-state index in [4.69, 9.17) is 4.52 Å². The van der Waals surface area contributed by atoms with Gasteiger partial charge in [-0.2, -0.15) is 0 Å². The predicted octanol–water partition coefficient (Wildman–Crippen LogP) is 2.94. The molecule has 0 aromatic heterocycles. The zero-order chi connectivity index (χ0) is 7.82. The molecule has 0 aliphatic heterocycles. The van der Waals surface area contributed by atoms with E-state index in [9.17, 15) is 4.57 Å². The van der Waals surface area contributed by atoms with Gasteiger partial charge >= 0.3 is 8.03 Å². The van der Waals surface area contributed by atoms with Gasteiger partial charge in [-0.25, -0.2) is 0 Å². The van der Waals surface area contributed by atoms with Crippen LogP contribution >= 0.6 is 24.0 Å². The first-order valence-electron chi connectivity index (χ1n) is 3.44. The highest BCUT2D eigenvalue weighted by atomic mass is 79.9. The minimum absolute atomic E-state index is 0.559. The smallest absolute Gasteiger partial charge is 0.147 e. The first kappa shape index (κ1) is 10.5. The van der Waals surface area contributed by atoms with Gasteiger partial charge in [0.25, 0.3) is 0 Å². The molecule has 0 fully saturated rings. The third-order valence-corrected chi connectivity index (χ3v) is 2.79. The first-order chi connectivity index (χ1) is 4.81. The van der Waals surface area contributed by atoms with Gasteiger partial charge in [0, 0.05) is 5.33 Å². The van der Waals surface area contributed by atoms with Gasteiger partial charge in [0.2, 0.25) is 0 Å². The van der Waals surface area contributed by atoms with E-state index in [1.54, 1.807) is 0 Å². The van der Waals surface area contributed by atoms with Crippen LogP contribution in [0.5, 0.6) is 0 Å². The Morgan fingerprint density at radius 2 is 2.20 bits per heavy atom. The fourth-order valence-electron chi connectivity index (χ4n) is 0.544. The van der Waals surface area contributed by atoms with E-state index in [0.29, 0.717) is 12.8 Å². The molecule has 1 unspecified atom stereocenters. The summed E-state index contributed by atoms with van der Waals surface area (Å²) in [6.45, 7) is 2.42. The Labute approximate surface area is 71.3 Å². The van der Waals surface area contributed by atoms with Crippen LogP contribution in [0.3, 0.4) is 0 Å². The summed E-state index contributed by atoms with van der Waals surface area (Å²) in [5.74, 6) is 0. The highest BCUT2D eigenvalue weighted by molar-refractivity contribution is 9.09. The molecule has 0 spiro atoms. The molecule has 2 nitrogen and oxygen atoms in total. The fraction of sp³-hybridized carbons (Fsp3) is 1.00. The maximum Gasteiger partial charge on any atom is 0.508 e. The minimum Gasteiger partial charge on any atom is -0.147 e. The molecule has 4 heteroatoms. The van der Waals surface area contributed by atoms with E-state index in [0.717, 1.165) is 18.2 Å². The van der Waals surface area contributed by atoms with Crippen LogP contribution in [0.15, 0.2) is 0 Å². The molecular formula is C6H13BrO2P+. The van der Waals surface area contributed by atoms with Crippen LogP contribution in [0, 0.1) is 0 Å². The number of halogens is 1. The van der Waals surface area contributed by atoms with Crippen molar-refractivity contribution in [3.8, 4) is 0 Å². The molecule has 0 radical (unpaired) electrons. The lowest BCUT2D eigenvalue weighted by atomic mass is 10.4. The number of alkyl halides is 1. The normalized spacial score (nSPS) is 11.6. The van der Waals surface area contributed by atoms with Crippen molar-refractivity contribution in [3.05, 3.63) is 0 Å². The number of hydrogen-bond donors (Lipinski definition) is 0. The Morgan fingerprint density at radius 3 is 2.70 bits per heavy atom. The number of unbranched alkanes of at least 4 members (excludes halogenated alkanes) is 1. The predicted molar refractivity (Wildman–Crippen MR) is 47.1 cm³/mol. The van der Waals surface area contributed by atoms with Gasteiger partial charge < -0.3 is 0 Å². The Morgan fingerprint density at radius 1 is 1.50 bits per heavy atom. The quantitative estimate of drug-likeness (QED) is 0.397. The molecule has 0 heterocycles. The average molecular weight is 228 g/mol. The summed E-state index contributed by atoms with van der Waals surface area (Å²) >= 11 is 3.30. The Kier molecular flexibility index (Phi) is 8.06. The molecule has 0 aliphatic carbocycles. The molecule has 0 saturated heterocycles. The summed E-state index contributed by atoms with van der Waals surface area (Å²) in [4.78, 5) is 0. The lowest BCUT2D eigenvalue weighted by Gasteiger charge is -1.86. The van der Waals surface area contributed by atoms with Crippen molar-refractivity contribution in [3.63, 3.8) is 0 Å². The van der Waals surface area contributed by atoms with Gasteiger partial charge in [0.15, 0.2) is 6.16 Å². The zero-order valence-corrected chi connectivity index (χ0v) is 8.66. The Balaban J connectivity index is 3.05. The molecule has 0 bridgehead atoms. The van der Waals surface area contributed by atoms with E-state index in [1.807, 2.05) is 6.92 Å². The summed E-state index contributed by atoms with van der Waals surface area (Å²) in [7, 11) is -1.36. The first-order valence-corrected chi connectivity index (χ1v) is 5.93. The standard InChI is InChI=1S/C6H13BrO2P/c1-2-9-10(8)6-4-3-5-7/h2-6H2,1H3/q+1. The minimum atomic E-state index is -1.36. The average Bonchev–Trinajstić information content (AvgIpc) is 1.89. The summed E-state index contributed by atoms with van der Waals surface area (Å²) < 4.78 is 15.7. The molecular weight excluding hydrogens is 215 g/mol. The van der Waals surface area contributed by atoms with Gasteiger partial charge in [-0.1, -0.05) is 15.9 Å². The van der Waals surface area contributed by atoms with Gasteiger partial charge in [-0.15, -0.1) is 4.52 Å². The molecule has 0 aliphatic rings. The lowest BCUT2D eigenvalue weighted by molar-refractivity contribution is 0.350. The second-order valence-electron chi connectivity index (χ2n) is 1.87. The Bertz CT molecular complexity index is 97.7. The topological polar surface area (TPSA) is 26.3 Å². The SMILES string of the molecule is CCO[P+](=O)CCCCBr. The highest BCUT2D eigenvalue weighted by Crippen LogP contribution is 2.23. The van der Waals surface area contributed by atoms with Gasteiger partial charge in [-0.05, 0) is 24.3 Å². The van der Waals surface area contributed by atoms with Crippen LogP contribution in [-0.2, 0) is 9.09 Å². The van der Waals surface area contributed by atoms with Crippen molar-refractivity contribution in [2.75, 3.05) is 18.1 Å². The number of rotatable bonds is 6. The second kappa shape index (κ2) is 7.64. The van der Waals surface area contributed by atoms with Crippen LogP contribution in [-0.4, -0.2) is 18.1 Å². The molecule has 10 heavy (non-hydrogen) atoms. The van der Waals surface area contributed by atoms with E-state index < -0.39 is 8.03 Å². The van der Waals surface area contributed by atoms with Gasteiger partial charge in [-0.3, -0.25) is 0 Å². The van der Waals surface area contributed by atoms with E-state index >= 15 is 0 Å². The number of hydrogen-bond acceptors (Lipinski definition) is 2. The Hall–Kier alpha value is 0.540. The van der Waals surface area contributed by atoms with Crippen molar-refractivity contribution in [2.45, 2.75) is 19.8 Å². The lowest BCUT2D eigenvalue weighted by Crippen LogP contribution is -1.84. The van der Waals surface area contributed by atoms with Crippen LogP contribution in [0.1, 0.15) is 19.8 Å². The molecule has 0 amide bonds. The van der Waals surface area contributed by atoms with Crippen molar-refractivity contribution in [1.82, 2.24) is 0 Å². The molecule has 0 saturated carbocycles. The van der Waals surface area contributed by atoms with Gasteiger partial charge in [0.1, 0.15) is 0 Å². The third kappa shape index (κ3) is 6.66. The van der Waals surface area contributed by atoms with Gasteiger partial charge in [0.05, 0.1) is 6.61 Å². The zero-order valence-electron chi connectivity index (χ0n) is 6.18. The molecule has 1 atom stereocenters. The molecule has 0 rings (SSSR count). The molecule has 0 aromatic rings. The van der Waals surface area contributed by atoms with Crippen molar-refractivity contribution in [1.29, 1.82) is 0 Å². The maximum absolute atomic E-state index is 10.8. The monoisotopic (exact) mass is 227 g/mol. The van der Waals surface area contributed by atoms with Crippen molar-refractivity contribution < 1.29 is 9.09 Å². The van der Waals surface area contributed by atoms with Crippen LogP contribution in [0.2, 0.25) is 0 Å².